The highest BCUT2D eigenvalue weighted by Gasteiger charge is 2.30. The monoisotopic (exact) mass is 463 g/mol. The lowest BCUT2D eigenvalue weighted by atomic mass is 9.96. The molecule has 0 bridgehead atoms. The number of carbonyl (C=O) groups is 2. The molecule has 0 radical (unpaired) electrons. The third-order valence-corrected chi connectivity index (χ3v) is 6.17. The van der Waals surface area contributed by atoms with Crippen molar-refractivity contribution >= 4 is 17.6 Å². The highest BCUT2D eigenvalue weighted by atomic mass is 19.1. The summed E-state index contributed by atoms with van der Waals surface area (Å²) in [5.41, 5.74) is 3.35. The molecule has 8 heteroatoms. The number of halogens is 1. The Balaban J connectivity index is 1.24. The number of rotatable bonds is 7. The zero-order chi connectivity index (χ0) is 23.9. The van der Waals surface area contributed by atoms with Gasteiger partial charge < -0.3 is 15.1 Å². The molecular formula is C26H30FN5O2. The second-order valence-electron chi connectivity index (χ2n) is 8.73. The van der Waals surface area contributed by atoms with Crippen LogP contribution in [-0.4, -0.2) is 58.6 Å². The fourth-order valence-electron chi connectivity index (χ4n) is 4.27. The van der Waals surface area contributed by atoms with Crippen LogP contribution in [0, 0.1) is 11.7 Å². The number of aromatic nitrogens is 2. The molecule has 1 aliphatic heterocycles. The van der Waals surface area contributed by atoms with E-state index in [1.807, 2.05) is 43.4 Å². The predicted octanol–water partition coefficient (Wildman–Crippen LogP) is 4.55. The minimum absolute atomic E-state index is 0.0776. The van der Waals surface area contributed by atoms with E-state index in [1.165, 1.54) is 12.1 Å². The molecule has 4 rings (SSSR count). The van der Waals surface area contributed by atoms with E-state index in [0.717, 1.165) is 48.3 Å². The molecule has 1 unspecified atom stereocenters. The molecule has 2 N–H and O–H groups in total. The number of hydrogen-bond donors (Lipinski definition) is 2. The molecule has 1 fully saturated rings. The first-order chi connectivity index (χ1) is 16.5. The van der Waals surface area contributed by atoms with Crippen LogP contribution in [0.25, 0.3) is 11.3 Å². The van der Waals surface area contributed by atoms with Gasteiger partial charge in [-0.1, -0.05) is 18.2 Å². The highest BCUT2D eigenvalue weighted by Crippen LogP contribution is 2.21. The standard InChI is InChI=1S/C26H30FN5O2/c1-31(15-6-10-23-17-24(30-29-23)19-11-13-21(27)14-12-19)25(33)20-7-5-16-32(18-20)26(34)28-22-8-3-2-4-9-22/h2-4,8-9,11-14,17,20H,5-7,10,15-16,18H2,1H3,(H,28,34)(H,29,30). The lowest BCUT2D eigenvalue weighted by molar-refractivity contribution is -0.135. The SMILES string of the molecule is CN(CCCc1cc(-c2ccc(F)cc2)n[nH]1)C(=O)C1CCCN(C(=O)Nc2ccccc2)C1. The molecule has 0 spiro atoms. The summed E-state index contributed by atoms with van der Waals surface area (Å²) >= 11 is 0. The van der Waals surface area contributed by atoms with Crippen LogP contribution in [0.4, 0.5) is 14.9 Å². The number of aromatic amines is 1. The third kappa shape index (κ3) is 6.01. The van der Waals surface area contributed by atoms with Gasteiger partial charge in [0.2, 0.25) is 5.91 Å². The van der Waals surface area contributed by atoms with Gasteiger partial charge in [0.25, 0.3) is 0 Å². The molecule has 0 saturated carbocycles. The van der Waals surface area contributed by atoms with Gasteiger partial charge in [0.1, 0.15) is 5.82 Å². The van der Waals surface area contributed by atoms with Crippen molar-refractivity contribution in [2.75, 3.05) is 32.0 Å². The Labute approximate surface area is 199 Å². The number of para-hydroxylation sites is 1. The number of H-pyrrole nitrogens is 1. The Morgan fingerprint density at radius 3 is 2.71 bits per heavy atom. The fourth-order valence-corrected chi connectivity index (χ4v) is 4.27. The summed E-state index contributed by atoms with van der Waals surface area (Å²) in [6.45, 7) is 1.71. The van der Waals surface area contributed by atoms with Crippen molar-refractivity contribution in [1.29, 1.82) is 0 Å². The first kappa shape index (κ1) is 23.5. The largest absolute Gasteiger partial charge is 0.345 e. The van der Waals surface area contributed by atoms with Gasteiger partial charge in [0, 0.05) is 43.6 Å². The van der Waals surface area contributed by atoms with Crippen molar-refractivity contribution in [1.82, 2.24) is 20.0 Å². The van der Waals surface area contributed by atoms with Gasteiger partial charge in [0.05, 0.1) is 11.6 Å². The Hall–Kier alpha value is -3.68. The molecule has 3 amide bonds. The van der Waals surface area contributed by atoms with Crippen LogP contribution in [0.15, 0.2) is 60.7 Å². The number of nitrogens with one attached hydrogen (secondary N) is 2. The number of aryl methyl sites for hydroxylation is 1. The smallest absolute Gasteiger partial charge is 0.321 e. The van der Waals surface area contributed by atoms with Gasteiger partial charge in [-0.3, -0.25) is 9.89 Å². The molecule has 3 aromatic rings. The van der Waals surface area contributed by atoms with Crippen LogP contribution in [0.5, 0.6) is 0 Å². The Morgan fingerprint density at radius 1 is 1.18 bits per heavy atom. The first-order valence-electron chi connectivity index (χ1n) is 11.7. The van der Waals surface area contributed by atoms with Gasteiger partial charge in [0.15, 0.2) is 0 Å². The van der Waals surface area contributed by atoms with Gasteiger partial charge in [-0.05, 0) is 68.1 Å². The number of piperidine rings is 1. The van der Waals surface area contributed by atoms with Gasteiger partial charge in [-0.25, -0.2) is 9.18 Å². The summed E-state index contributed by atoms with van der Waals surface area (Å²) in [5, 5.41) is 10.2. The fraction of sp³-hybridized carbons (Fsp3) is 0.346. The lowest BCUT2D eigenvalue weighted by Crippen LogP contribution is -2.47. The number of amides is 3. The minimum Gasteiger partial charge on any atom is -0.345 e. The van der Waals surface area contributed by atoms with E-state index in [2.05, 4.69) is 15.5 Å². The van der Waals surface area contributed by atoms with Crippen LogP contribution in [0.1, 0.15) is 25.0 Å². The number of likely N-dealkylation sites (tertiary alicyclic amines) is 1. The molecule has 1 atom stereocenters. The molecule has 7 nitrogen and oxygen atoms in total. The highest BCUT2D eigenvalue weighted by molar-refractivity contribution is 5.90. The van der Waals surface area contributed by atoms with Crippen LogP contribution in [0.2, 0.25) is 0 Å². The minimum atomic E-state index is -0.273. The Kier molecular flexibility index (Phi) is 7.57. The average molecular weight is 464 g/mol. The summed E-state index contributed by atoms with van der Waals surface area (Å²) < 4.78 is 13.1. The molecule has 34 heavy (non-hydrogen) atoms. The summed E-state index contributed by atoms with van der Waals surface area (Å²) in [5.74, 6) is -0.378. The molecule has 1 aliphatic rings. The first-order valence-corrected chi connectivity index (χ1v) is 11.7. The quantitative estimate of drug-likeness (QED) is 0.539. The Morgan fingerprint density at radius 2 is 1.94 bits per heavy atom. The number of carbonyl (C=O) groups excluding carboxylic acids is 2. The maximum atomic E-state index is 13.1. The van der Waals surface area contributed by atoms with Crippen molar-refractivity contribution < 1.29 is 14.0 Å². The topological polar surface area (TPSA) is 81.3 Å². The van der Waals surface area contributed by atoms with E-state index in [0.29, 0.717) is 19.6 Å². The zero-order valence-corrected chi connectivity index (χ0v) is 19.3. The van der Waals surface area contributed by atoms with Crippen molar-refractivity contribution in [2.45, 2.75) is 25.7 Å². The van der Waals surface area contributed by atoms with Crippen molar-refractivity contribution in [2.24, 2.45) is 5.92 Å². The molecular weight excluding hydrogens is 433 g/mol. The van der Waals surface area contributed by atoms with Gasteiger partial charge in [-0.15, -0.1) is 0 Å². The summed E-state index contributed by atoms with van der Waals surface area (Å²) in [6.07, 6.45) is 3.15. The zero-order valence-electron chi connectivity index (χ0n) is 19.3. The van der Waals surface area contributed by atoms with E-state index in [9.17, 15) is 14.0 Å². The van der Waals surface area contributed by atoms with Crippen LogP contribution >= 0.6 is 0 Å². The van der Waals surface area contributed by atoms with Crippen LogP contribution < -0.4 is 5.32 Å². The van der Waals surface area contributed by atoms with E-state index >= 15 is 0 Å². The number of nitrogens with zero attached hydrogens (tertiary/aromatic N) is 3. The molecule has 1 saturated heterocycles. The number of urea groups is 1. The summed E-state index contributed by atoms with van der Waals surface area (Å²) in [6, 6.07) is 17.4. The number of benzene rings is 2. The van der Waals surface area contributed by atoms with Crippen molar-refractivity contribution in [3.63, 3.8) is 0 Å². The third-order valence-electron chi connectivity index (χ3n) is 6.17. The average Bonchev–Trinajstić information content (AvgIpc) is 3.33. The van der Waals surface area contributed by atoms with E-state index in [4.69, 9.17) is 0 Å². The molecule has 2 aromatic carbocycles. The van der Waals surface area contributed by atoms with E-state index in [1.54, 1.807) is 21.9 Å². The predicted molar refractivity (Wildman–Crippen MR) is 130 cm³/mol. The second kappa shape index (κ2) is 11.0. The van der Waals surface area contributed by atoms with E-state index in [-0.39, 0.29) is 23.7 Å². The number of hydrogen-bond acceptors (Lipinski definition) is 3. The normalized spacial score (nSPS) is 15.7. The van der Waals surface area contributed by atoms with E-state index < -0.39 is 0 Å². The molecule has 178 valence electrons. The molecule has 2 heterocycles. The van der Waals surface area contributed by atoms with Crippen LogP contribution in [-0.2, 0) is 11.2 Å². The summed E-state index contributed by atoms with van der Waals surface area (Å²) in [4.78, 5) is 29.1. The maximum absolute atomic E-state index is 13.1. The number of anilines is 1. The second-order valence-corrected chi connectivity index (χ2v) is 8.73. The maximum Gasteiger partial charge on any atom is 0.321 e. The van der Waals surface area contributed by atoms with Gasteiger partial charge in [-0.2, -0.15) is 5.10 Å². The molecule has 1 aromatic heterocycles. The van der Waals surface area contributed by atoms with Gasteiger partial charge >= 0.3 is 6.03 Å². The summed E-state index contributed by atoms with van der Waals surface area (Å²) in [7, 11) is 1.82. The molecule has 0 aliphatic carbocycles. The Bertz CT molecular complexity index is 1100. The van der Waals surface area contributed by atoms with Crippen molar-refractivity contribution in [3.05, 3.63) is 72.2 Å². The lowest BCUT2D eigenvalue weighted by Gasteiger charge is -2.34. The van der Waals surface area contributed by atoms with Crippen LogP contribution in [0.3, 0.4) is 0 Å². The van der Waals surface area contributed by atoms with Crippen molar-refractivity contribution in [3.8, 4) is 11.3 Å².